The summed E-state index contributed by atoms with van der Waals surface area (Å²) in [6.45, 7) is -3.20. The molecule has 82 valence electrons. The van der Waals surface area contributed by atoms with Crippen LogP contribution in [0.15, 0.2) is 12.1 Å². The fourth-order valence-electron chi connectivity index (χ4n) is 0.879. The highest BCUT2D eigenvalue weighted by Crippen LogP contribution is 2.27. The van der Waals surface area contributed by atoms with Crippen molar-refractivity contribution < 1.29 is 27.8 Å². The van der Waals surface area contributed by atoms with Crippen LogP contribution in [0.2, 0.25) is 5.02 Å². The maximum Gasteiger partial charge on any atom is 0.387 e. The Kier molecular flexibility index (Phi) is 3.41. The van der Waals surface area contributed by atoms with Crippen LogP contribution < -0.4 is 4.74 Å². The van der Waals surface area contributed by atoms with Crippen molar-refractivity contribution in [3.05, 3.63) is 28.5 Å². The van der Waals surface area contributed by atoms with E-state index >= 15 is 0 Å². The Bertz CT molecular complexity index is 395. The normalized spacial score (nSPS) is 10.5. The molecule has 0 amide bonds. The van der Waals surface area contributed by atoms with Crippen LogP contribution in [0.3, 0.4) is 0 Å². The number of alkyl halides is 2. The van der Waals surface area contributed by atoms with E-state index in [2.05, 4.69) is 4.74 Å². The smallest absolute Gasteiger partial charge is 0.387 e. The summed E-state index contributed by atoms with van der Waals surface area (Å²) in [4.78, 5) is 10.5. The Hall–Kier alpha value is -1.43. The molecular weight excluding hydrogens is 237 g/mol. The van der Waals surface area contributed by atoms with Gasteiger partial charge in [0.15, 0.2) is 11.6 Å². The molecule has 1 aromatic carbocycles. The van der Waals surface area contributed by atoms with Crippen molar-refractivity contribution in [2.45, 2.75) is 6.61 Å². The van der Waals surface area contributed by atoms with Crippen LogP contribution in [-0.2, 0) is 0 Å². The SMILES string of the molecule is O=C(O)c1cc(F)c(OC(F)F)cc1Cl. The van der Waals surface area contributed by atoms with Crippen molar-refractivity contribution in [1.29, 1.82) is 0 Å². The third kappa shape index (κ3) is 2.76. The number of aromatic carboxylic acids is 1. The van der Waals surface area contributed by atoms with Gasteiger partial charge in [0.25, 0.3) is 0 Å². The summed E-state index contributed by atoms with van der Waals surface area (Å²) < 4.78 is 40.2. The molecule has 15 heavy (non-hydrogen) atoms. The van der Waals surface area contributed by atoms with Gasteiger partial charge in [0.1, 0.15) is 0 Å². The molecule has 0 spiro atoms. The van der Waals surface area contributed by atoms with Crippen molar-refractivity contribution in [3.63, 3.8) is 0 Å². The van der Waals surface area contributed by atoms with Gasteiger partial charge in [-0.15, -0.1) is 0 Å². The molecule has 3 nitrogen and oxygen atoms in total. The van der Waals surface area contributed by atoms with Crippen LogP contribution in [0.4, 0.5) is 13.2 Å². The molecule has 1 N–H and O–H groups in total. The molecule has 0 bridgehead atoms. The van der Waals surface area contributed by atoms with Crippen LogP contribution in [0.5, 0.6) is 5.75 Å². The summed E-state index contributed by atoms with van der Waals surface area (Å²) in [6, 6.07) is 1.20. The van der Waals surface area contributed by atoms with Crippen molar-refractivity contribution in [2.75, 3.05) is 0 Å². The topological polar surface area (TPSA) is 46.5 Å². The van der Waals surface area contributed by atoms with Gasteiger partial charge in [0.2, 0.25) is 0 Å². The first kappa shape index (κ1) is 11.6. The van der Waals surface area contributed by atoms with Crippen LogP contribution in [0.25, 0.3) is 0 Å². The minimum absolute atomic E-state index is 0.375. The van der Waals surface area contributed by atoms with Gasteiger partial charge in [0.05, 0.1) is 10.6 Å². The average molecular weight is 241 g/mol. The van der Waals surface area contributed by atoms with Gasteiger partial charge >= 0.3 is 12.6 Å². The predicted molar refractivity (Wildman–Crippen MR) is 45.0 cm³/mol. The molecule has 0 aliphatic rings. The van der Waals surface area contributed by atoms with E-state index in [9.17, 15) is 18.0 Å². The van der Waals surface area contributed by atoms with Gasteiger partial charge in [-0.3, -0.25) is 0 Å². The van der Waals surface area contributed by atoms with Gasteiger partial charge in [-0.05, 0) is 6.07 Å². The van der Waals surface area contributed by atoms with E-state index in [1.54, 1.807) is 0 Å². The van der Waals surface area contributed by atoms with E-state index < -0.39 is 29.7 Å². The zero-order valence-corrected chi connectivity index (χ0v) is 7.76. The molecule has 0 heterocycles. The summed E-state index contributed by atoms with van der Waals surface area (Å²) in [5.74, 6) is -3.46. The lowest BCUT2D eigenvalue weighted by Crippen LogP contribution is -2.06. The number of hydrogen-bond donors (Lipinski definition) is 1. The zero-order chi connectivity index (χ0) is 11.6. The summed E-state index contributed by atoms with van der Waals surface area (Å²) in [5, 5.41) is 8.15. The number of halogens is 4. The number of rotatable bonds is 3. The first-order valence-corrected chi connectivity index (χ1v) is 3.96. The second-order valence-electron chi connectivity index (χ2n) is 2.45. The fourth-order valence-corrected chi connectivity index (χ4v) is 1.11. The lowest BCUT2D eigenvalue weighted by molar-refractivity contribution is -0.0521. The van der Waals surface area contributed by atoms with Gasteiger partial charge in [-0.25, -0.2) is 9.18 Å². The first-order chi connectivity index (χ1) is 6.91. The highest BCUT2D eigenvalue weighted by molar-refractivity contribution is 6.33. The standard InChI is InChI=1S/C8H4ClF3O3/c9-4-2-6(15-8(11)12)5(10)1-3(4)7(13)14/h1-2,8H,(H,13,14). The number of ether oxygens (including phenoxy) is 1. The van der Waals surface area contributed by atoms with Gasteiger partial charge < -0.3 is 9.84 Å². The van der Waals surface area contributed by atoms with Crippen LogP contribution in [0.1, 0.15) is 10.4 Å². The Morgan fingerprint density at radius 3 is 2.53 bits per heavy atom. The Labute approximate surface area is 87.0 Å². The zero-order valence-electron chi connectivity index (χ0n) is 7.01. The molecule has 0 aliphatic heterocycles. The fraction of sp³-hybridized carbons (Fsp3) is 0.125. The van der Waals surface area contributed by atoms with E-state index in [1.165, 1.54) is 0 Å². The largest absolute Gasteiger partial charge is 0.478 e. The minimum atomic E-state index is -3.20. The molecule has 0 radical (unpaired) electrons. The minimum Gasteiger partial charge on any atom is -0.478 e. The van der Waals surface area contributed by atoms with Crippen molar-refractivity contribution in [2.24, 2.45) is 0 Å². The molecule has 0 atom stereocenters. The molecule has 1 aromatic rings. The first-order valence-electron chi connectivity index (χ1n) is 3.59. The lowest BCUT2D eigenvalue weighted by Gasteiger charge is -2.07. The molecule has 0 saturated carbocycles. The maximum absolute atomic E-state index is 13.0. The van der Waals surface area contributed by atoms with Crippen molar-refractivity contribution in [3.8, 4) is 5.75 Å². The predicted octanol–water partition coefficient (Wildman–Crippen LogP) is 2.78. The van der Waals surface area contributed by atoms with Gasteiger partial charge in [-0.2, -0.15) is 8.78 Å². The monoisotopic (exact) mass is 240 g/mol. The third-order valence-corrected chi connectivity index (χ3v) is 1.78. The number of carboxylic acid groups (broad SMARTS) is 1. The third-order valence-electron chi connectivity index (χ3n) is 1.47. The van der Waals surface area contributed by atoms with Gasteiger partial charge in [-0.1, -0.05) is 11.6 Å². The highest BCUT2D eigenvalue weighted by Gasteiger charge is 2.16. The number of hydrogen-bond acceptors (Lipinski definition) is 2. The highest BCUT2D eigenvalue weighted by atomic mass is 35.5. The van der Waals surface area contributed by atoms with Crippen molar-refractivity contribution >= 4 is 17.6 Å². The molecule has 0 unspecified atom stereocenters. The van der Waals surface area contributed by atoms with Gasteiger partial charge in [0, 0.05) is 6.07 Å². The molecule has 0 aromatic heterocycles. The van der Waals surface area contributed by atoms with Crippen molar-refractivity contribution in [1.82, 2.24) is 0 Å². The summed E-state index contributed by atoms with van der Waals surface area (Å²) in [5.41, 5.74) is -0.518. The second kappa shape index (κ2) is 4.39. The Balaban J connectivity index is 3.13. The van der Waals surface area contributed by atoms with E-state index in [-0.39, 0.29) is 5.02 Å². The molecule has 7 heteroatoms. The number of carboxylic acids is 1. The van der Waals surface area contributed by atoms with Crippen LogP contribution in [-0.4, -0.2) is 17.7 Å². The van der Waals surface area contributed by atoms with Crippen LogP contribution in [0, 0.1) is 5.82 Å². The Morgan fingerprint density at radius 2 is 2.07 bits per heavy atom. The Morgan fingerprint density at radius 1 is 1.47 bits per heavy atom. The molecular formula is C8H4ClF3O3. The molecule has 0 fully saturated rings. The number of carbonyl (C=O) groups is 1. The lowest BCUT2D eigenvalue weighted by atomic mass is 10.2. The van der Waals surface area contributed by atoms with Crippen LogP contribution >= 0.6 is 11.6 Å². The van der Waals surface area contributed by atoms with E-state index in [0.29, 0.717) is 12.1 Å². The quantitative estimate of drug-likeness (QED) is 0.884. The summed E-state index contributed by atoms with van der Waals surface area (Å²) in [7, 11) is 0. The van der Waals surface area contributed by atoms with E-state index in [0.717, 1.165) is 0 Å². The maximum atomic E-state index is 13.0. The summed E-state index contributed by atoms with van der Waals surface area (Å²) >= 11 is 5.41. The summed E-state index contributed by atoms with van der Waals surface area (Å²) in [6.07, 6.45) is 0. The van der Waals surface area contributed by atoms with E-state index in [4.69, 9.17) is 16.7 Å². The van der Waals surface area contributed by atoms with E-state index in [1.807, 2.05) is 0 Å². The second-order valence-corrected chi connectivity index (χ2v) is 2.85. The molecule has 1 rings (SSSR count). The average Bonchev–Trinajstić information content (AvgIpc) is 2.09. The molecule has 0 saturated heterocycles. The number of benzene rings is 1. The molecule has 0 aliphatic carbocycles.